The minimum Gasteiger partial charge on any atom is -0.352 e. The number of aromatic nitrogens is 2. The van der Waals surface area contributed by atoms with Gasteiger partial charge >= 0.3 is 0 Å². The van der Waals surface area contributed by atoms with Crippen LogP contribution in [0.25, 0.3) is 5.69 Å². The fourth-order valence-electron chi connectivity index (χ4n) is 2.94. The zero-order valence-electron chi connectivity index (χ0n) is 12.5. The number of benzene rings is 1. The standard InChI is InChI=1S/C17H20ClN3O/c18-15-8-4-5-9-16(15)21-12-14(11-20-21)17(22)19-10-13-6-2-1-3-7-13/h4-5,8-9,11-13H,1-3,6-7,10H2,(H,19,22). The van der Waals surface area contributed by atoms with Crippen molar-refractivity contribution in [3.05, 3.63) is 47.2 Å². The summed E-state index contributed by atoms with van der Waals surface area (Å²) in [6.45, 7) is 0.760. The van der Waals surface area contributed by atoms with E-state index in [0.29, 0.717) is 16.5 Å². The summed E-state index contributed by atoms with van der Waals surface area (Å²) in [5.41, 5.74) is 1.34. The van der Waals surface area contributed by atoms with Gasteiger partial charge in [0.15, 0.2) is 0 Å². The number of carbonyl (C=O) groups is 1. The van der Waals surface area contributed by atoms with E-state index in [0.717, 1.165) is 12.2 Å². The van der Waals surface area contributed by atoms with E-state index in [2.05, 4.69) is 10.4 Å². The number of carbonyl (C=O) groups excluding carboxylic acids is 1. The first kappa shape index (κ1) is 15.1. The monoisotopic (exact) mass is 317 g/mol. The fraction of sp³-hybridized carbons (Fsp3) is 0.412. The smallest absolute Gasteiger partial charge is 0.254 e. The van der Waals surface area contributed by atoms with Crippen LogP contribution in [0.5, 0.6) is 0 Å². The topological polar surface area (TPSA) is 46.9 Å². The first-order chi connectivity index (χ1) is 10.7. The SMILES string of the molecule is O=C(NCC1CCCCC1)c1cnn(-c2ccccc2Cl)c1. The summed E-state index contributed by atoms with van der Waals surface area (Å²) < 4.78 is 1.64. The van der Waals surface area contributed by atoms with Crippen LogP contribution in [0.2, 0.25) is 5.02 Å². The van der Waals surface area contributed by atoms with Crippen molar-refractivity contribution in [1.29, 1.82) is 0 Å². The molecule has 0 bridgehead atoms. The summed E-state index contributed by atoms with van der Waals surface area (Å²) in [6, 6.07) is 7.44. The third-order valence-electron chi connectivity index (χ3n) is 4.22. The van der Waals surface area contributed by atoms with Crippen molar-refractivity contribution in [2.24, 2.45) is 5.92 Å². The molecule has 22 heavy (non-hydrogen) atoms. The van der Waals surface area contributed by atoms with E-state index >= 15 is 0 Å². The first-order valence-electron chi connectivity index (χ1n) is 7.82. The second-order valence-corrected chi connectivity index (χ2v) is 6.25. The first-order valence-corrected chi connectivity index (χ1v) is 8.19. The Morgan fingerprint density at radius 1 is 1.27 bits per heavy atom. The molecule has 0 saturated heterocycles. The summed E-state index contributed by atoms with van der Waals surface area (Å²) in [5, 5.41) is 7.87. The van der Waals surface area contributed by atoms with E-state index in [9.17, 15) is 4.79 Å². The Bertz CT molecular complexity index is 647. The Balaban J connectivity index is 1.63. The molecular weight excluding hydrogens is 298 g/mol. The van der Waals surface area contributed by atoms with Gasteiger partial charge in [-0.05, 0) is 30.9 Å². The maximum Gasteiger partial charge on any atom is 0.254 e. The molecular formula is C17H20ClN3O. The highest BCUT2D eigenvalue weighted by atomic mass is 35.5. The summed E-state index contributed by atoms with van der Waals surface area (Å²) in [7, 11) is 0. The summed E-state index contributed by atoms with van der Waals surface area (Å²) >= 11 is 6.15. The molecule has 0 radical (unpaired) electrons. The molecule has 116 valence electrons. The van der Waals surface area contributed by atoms with Gasteiger partial charge < -0.3 is 5.32 Å². The Labute approximate surface area is 135 Å². The van der Waals surface area contributed by atoms with Crippen molar-refractivity contribution in [3.63, 3.8) is 0 Å². The van der Waals surface area contributed by atoms with E-state index in [1.54, 1.807) is 23.1 Å². The van der Waals surface area contributed by atoms with Gasteiger partial charge in [0.1, 0.15) is 0 Å². The van der Waals surface area contributed by atoms with E-state index < -0.39 is 0 Å². The molecule has 2 aromatic rings. The average molecular weight is 318 g/mol. The number of nitrogens with zero attached hydrogens (tertiary/aromatic N) is 2. The number of hydrogen-bond acceptors (Lipinski definition) is 2. The van der Waals surface area contributed by atoms with Crippen LogP contribution in [0.1, 0.15) is 42.5 Å². The Hall–Kier alpha value is -1.81. The minimum absolute atomic E-state index is 0.0659. The van der Waals surface area contributed by atoms with Gasteiger partial charge in [-0.3, -0.25) is 4.79 Å². The van der Waals surface area contributed by atoms with Crippen molar-refractivity contribution in [2.45, 2.75) is 32.1 Å². The van der Waals surface area contributed by atoms with Crippen LogP contribution in [-0.2, 0) is 0 Å². The Morgan fingerprint density at radius 2 is 2.05 bits per heavy atom. The number of rotatable bonds is 4. The molecule has 1 amide bonds. The third kappa shape index (κ3) is 3.50. The molecule has 1 aromatic heterocycles. The highest BCUT2D eigenvalue weighted by molar-refractivity contribution is 6.32. The van der Waals surface area contributed by atoms with Crippen molar-refractivity contribution in [3.8, 4) is 5.69 Å². The second-order valence-electron chi connectivity index (χ2n) is 5.84. The highest BCUT2D eigenvalue weighted by Gasteiger charge is 2.16. The second kappa shape index (κ2) is 6.97. The molecule has 1 N–H and O–H groups in total. The van der Waals surface area contributed by atoms with Gasteiger partial charge in [0.2, 0.25) is 0 Å². The zero-order valence-corrected chi connectivity index (χ0v) is 13.2. The normalized spacial score (nSPS) is 15.7. The van der Waals surface area contributed by atoms with Crippen LogP contribution < -0.4 is 5.32 Å². The van der Waals surface area contributed by atoms with Crippen LogP contribution in [0.3, 0.4) is 0 Å². The van der Waals surface area contributed by atoms with Crippen LogP contribution in [0.15, 0.2) is 36.7 Å². The number of nitrogens with one attached hydrogen (secondary N) is 1. The largest absolute Gasteiger partial charge is 0.352 e. The average Bonchev–Trinajstić information content (AvgIpc) is 3.04. The molecule has 4 nitrogen and oxygen atoms in total. The Morgan fingerprint density at radius 3 is 2.82 bits per heavy atom. The quantitative estimate of drug-likeness (QED) is 0.931. The number of halogens is 1. The van der Waals surface area contributed by atoms with Gasteiger partial charge in [0.25, 0.3) is 5.91 Å². The van der Waals surface area contributed by atoms with Gasteiger partial charge in [0, 0.05) is 12.7 Å². The number of para-hydroxylation sites is 1. The van der Waals surface area contributed by atoms with Crippen molar-refractivity contribution >= 4 is 17.5 Å². The molecule has 1 aliphatic carbocycles. The molecule has 1 saturated carbocycles. The third-order valence-corrected chi connectivity index (χ3v) is 4.54. The molecule has 0 spiro atoms. The minimum atomic E-state index is -0.0659. The lowest BCUT2D eigenvalue weighted by molar-refractivity contribution is 0.0943. The van der Waals surface area contributed by atoms with Gasteiger partial charge in [-0.2, -0.15) is 5.10 Å². The molecule has 0 aliphatic heterocycles. The molecule has 1 aliphatic rings. The maximum atomic E-state index is 12.2. The van der Waals surface area contributed by atoms with Crippen molar-refractivity contribution in [2.75, 3.05) is 6.54 Å². The van der Waals surface area contributed by atoms with Crippen LogP contribution >= 0.6 is 11.6 Å². The van der Waals surface area contributed by atoms with E-state index in [4.69, 9.17) is 11.6 Å². The zero-order chi connectivity index (χ0) is 15.4. The molecule has 0 unspecified atom stereocenters. The van der Waals surface area contributed by atoms with Crippen LogP contribution in [0, 0.1) is 5.92 Å². The van der Waals surface area contributed by atoms with E-state index in [-0.39, 0.29) is 5.91 Å². The predicted octanol–water partition coefficient (Wildman–Crippen LogP) is 3.84. The van der Waals surface area contributed by atoms with Crippen LogP contribution in [0.4, 0.5) is 0 Å². The van der Waals surface area contributed by atoms with Gasteiger partial charge in [-0.25, -0.2) is 4.68 Å². The van der Waals surface area contributed by atoms with Crippen LogP contribution in [-0.4, -0.2) is 22.2 Å². The highest BCUT2D eigenvalue weighted by Crippen LogP contribution is 2.23. The number of amides is 1. The van der Waals surface area contributed by atoms with Crippen molar-refractivity contribution in [1.82, 2.24) is 15.1 Å². The lowest BCUT2D eigenvalue weighted by Crippen LogP contribution is -2.30. The van der Waals surface area contributed by atoms with Gasteiger partial charge in [-0.15, -0.1) is 0 Å². The summed E-state index contributed by atoms with van der Waals surface area (Å²) in [6.07, 6.45) is 9.64. The van der Waals surface area contributed by atoms with Gasteiger partial charge in [-0.1, -0.05) is 43.0 Å². The summed E-state index contributed by atoms with van der Waals surface area (Å²) in [5.74, 6) is 0.556. The summed E-state index contributed by atoms with van der Waals surface area (Å²) in [4.78, 5) is 12.2. The predicted molar refractivity (Wildman–Crippen MR) is 87.5 cm³/mol. The fourth-order valence-corrected chi connectivity index (χ4v) is 3.16. The molecule has 5 heteroatoms. The lowest BCUT2D eigenvalue weighted by Gasteiger charge is -2.21. The lowest BCUT2D eigenvalue weighted by atomic mass is 9.89. The number of hydrogen-bond donors (Lipinski definition) is 1. The van der Waals surface area contributed by atoms with Gasteiger partial charge in [0.05, 0.1) is 22.5 Å². The Kier molecular flexibility index (Phi) is 4.78. The molecule has 3 rings (SSSR count). The van der Waals surface area contributed by atoms with Crippen molar-refractivity contribution < 1.29 is 4.79 Å². The maximum absolute atomic E-state index is 12.2. The molecule has 1 heterocycles. The molecule has 0 atom stereocenters. The van der Waals surface area contributed by atoms with E-state index in [1.807, 2.05) is 18.2 Å². The van der Waals surface area contributed by atoms with E-state index in [1.165, 1.54) is 32.1 Å². The molecule has 1 fully saturated rings. The molecule has 1 aromatic carbocycles.